The number of allylic oxidation sites excluding steroid dienone is 1. The van der Waals surface area contributed by atoms with Crippen LogP contribution in [0.15, 0.2) is 81.1 Å². The number of fused-ring (bicyclic) bond motifs is 2. The van der Waals surface area contributed by atoms with Gasteiger partial charge in [-0.15, -0.1) is 22.7 Å². The molecular formula is C48H54N16O5S4. The van der Waals surface area contributed by atoms with Gasteiger partial charge in [0.05, 0.1) is 90.1 Å². The average Bonchev–Trinajstić information content (AvgIpc) is 3.88. The standard InChI is InChI=1S/C48H54N16O5S4/c1-30-18-41(70-47(30)72(65,66)60-14-16-69-17-15-60)57-44-46-52-25-40(62(46)29-38(56-44)34-7-5-12-50-21-34)36-23-54-63(27-36)64(26-32-8-9-32)73(67,68)48-31(2)19-42(71-48)58-43-45-51-24-39(35-10-13-59(3)53-22-35)61(45)28-37(55-43)33-6-4-11-49-20-33/h6-7,10,18-19,22-25,27-29,32,49-50H,4-5,8-9,11-17,20-21,26H2,1-3H3,(H,55,58)(H,56,57). The van der Waals surface area contributed by atoms with Crippen LogP contribution in [-0.4, -0.2) is 144 Å². The van der Waals surface area contributed by atoms with Gasteiger partial charge in [-0.1, -0.05) is 18.2 Å². The summed E-state index contributed by atoms with van der Waals surface area (Å²) in [4.78, 5) is 21.2. The number of ether oxygens (including phenoxy) is 1. The fraction of sp³-hybridized carbons (Fsp3) is 0.375. The van der Waals surface area contributed by atoms with E-state index >= 15 is 8.42 Å². The lowest BCUT2D eigenvalue weighted by Gasteiger charge is -2.25. The first-order valence-electron chi connectivity index (χ1n) is 24.3. The van der Waals surface area contributed by atoms with Crippen LogP contribution in [0.3, 0.4) is 0 Å². The van der Waals surface area contributed by atoms with Crippen molar-refractivity contribution in [2.45, 2.75) is 47.9 Å². The number of likely N-dealkylation sites (N-methyl/N-ethyl adjacent to an activating group) is 1. The number of thiophene rings is 2. The number of morpholine rings is 1. The number of imidazole rings is 2. The van der Waals surface area contributed by atoms with Crippen LogP contribution in [0, 0.1) is 19.8 Å². The van der Waals surface area contributed by atoms with Crippen molar-refractivity contribution in [1.82, 2.24) is 58.6 Å². The van der Waals surface area contributed by atoms with Gasteiger partial charge in [0.25, 0.3) is 20.0 Å². The molecule has 0 spiro atoms. The van der Waals surface area contributed by atoms with Crippen molar-refractivity contribution >= 4 is 98.6 Å². The number of hydrogen-bond acceptors (Lipinski definition) is 18. The van der Waals surface area contributed by atoms with Gasteiger partial charge in [0.1, 0.15) is 8.42 Å². The van der Waals surface area contributed by atoms with E-state index in [0.29, 0.717) is 107 Å². The van der Waals surface area contributed by atoms with E-state index in [0.717, 1.165) is 89.6 Å². The molecule has 7 aromatic rings. The number of hydrazone groups is 1. The summed E-state index contributed by atoms with van der Waals surface area (Å²) in [5.74, 6) is 1.13. The number of nitrogens with zero attached hydrogens (tertiary/aromatic N) is 12. The molecule has 21 nitrogen and oxygen atoms in total. The van der Waals surface area contributed by atoms with E-state index in [-0.39, 0.29) is 20.9 Å². The van der Waals surface area contributed by atoms with Crippen molar-refractivity contribution in [3.05, 3.63) is 95.8 Å². The molecule has 2 fully saturated rings. The zero-order chi connectivity index (χ0) is 50.0. The van der Waals surface area contributed by atoms with E-state index in [9.17, 15) is 8.42 Å². The first-order valence-corrected chi connectivity index (χ1v) is 28.8. The summed E-state index contributed by atoms with van der Waals surface area (Å²) in [6.07, 6.45) is 22.7. The number of sulfonamides is 2. The van der Waals surface area contributed by atoms with Crippen LogP contribution >= 0.6 is 22.7 Å². The van der Waals surface area contributed by atoms with E-state index in [2.05, 4.69) is 44.6 Å². The van der Waals surface area contributed by atoms with Gasteiger partial charge in [-0.25, -0.2) is 28.4 Å². The molecule has 0 bridgehead atoms. The van der Waals surface area contributed by atoms with Crippen LogP contribution in [0.2, 0.25) is 0 Å². The molecule has 0 amide bonds. The van der Waals surface area contributed by atoms with Gasteiger partial charge < -0.3 is 26.0 Å². The van der Waals surface area contributed by atoms with Crippen LogP contribution in [0.1, 0.15) is 53.9 Å². The Morgan fingerprint density at radius 1 is 0.781 bits per heavy atom. The third-order valence-electron chi connectivity index (χ3n) is 13.5. The highest BCUT2D eigenvalue weighted by atomic mass is 32.3. The van der Waals surface area contributed by atoms with E-state index in [1.165, 1.54) is 13.5 Å². The molecule has 12 rings (SSSR count). The zero-order valence-electron chi connectivity index (χ0n) is 40.4. The zero-order valence-corrected chi connectivity index (χ0v) is 43.7. The number of nitrogens with one attached hydrogen (secondary N) is 4. The van der Waals surface area contributed by atoms with Gasteiger partial charge in [-0.2, -0.15) is 32.1 Å². The molecule has 380 valence electrons. The number of aryl methyl sites for hydroxylation is 2. The summed E-state index contributed by atoms with van der Waals surface area (Å²) in [7, 11) is -5.96. The highest BCUT2D eigenvalue weighted by Crippen LogP contribution is 2.39. The topological polar surface area (TPSA) is 226 Å². The molecule has 5 aliphatic rings. The number of rotatable bonds is 15. The van der Waals surface area contributed by atoms with Crippen LogP contribution < -0.4 is 25.7 Å². The van der Waals surface area contributed by atoms with Gasteiger partial charge in [0, 0.05) is 56.8 Å². The Labute approximate surface area is 430 Å². The second-order valence-electron chi connectivity index (χ2n) is 18.8. The molecule has 7 aromatic heterocycles. The molecule has 73 heavy (non-hydrogen) atoms. The minimum Gasteiger partial charge on any atom is -0.379 e. The number of anilines is 4. The maximum atomic E-state index is 15.1. The van der Waals surface area contributed by atoms with Crippen LogP contribution in [0.4, 0.5) is 21.6 Å². The first kappa shape index (κ1) is 47.7. The maximum Gasteiger partial charge on any atom is 0.288 e. The summed E-state index contributed by atoms with van der Waals surface area (Å²) in [5, 5.41) is 26.1. The van der Waals surface area contributed by atoms with Gasteiger partial charge in [-0.05, 0) is 92.9 Å². The number of hydrogen-bond donors (Lipinski definition) is 4. The summed E-state index contributed by atoms with van der Waals surface area (Å²) in [5.41, 5.74) is 9.02. The molecule has 4 N–H and O–H groups in total. The molecule has 25 heteroatoms. The maximum absolute atomic E-state index is 15.1. The first-order chi connectivity index (χ1) is 35.4. The fourth-order valence-corrected chi connectivity index (χ4v) is 15.7. The van der Waals surface area contributed by atoms with Gasteiger partial charge in [0.15, 0.2) is 22.9 Å². The highest BCUT2D eigenvalue weighted by molar-refractivity contribution is 7.94. The molecule has 0 radical (unpaired) electrons. The predicted octanol–water partition coefficient (Wildman–Crippen LogP) is 5.69. The third-order valence-corrected chi connectivity index (χ3v) is 20.6. The van der Waals surface area contributed by atoms with Crippen molar-refractivity contribution in [2.75, 3.05) is 87.7 Å². The van der Waals surface area contributed by atoms with Crippen LogP contribution in [-0.2, 0) is 24.8 Å². The summed E-state index contributed by atoms with van der Waals surface area (Å²) < 4.78 is 70.3. The lowest BCUT2D eigenvalue weighted by Crippen LogP contribution is -2.42. The van der Waals surface area contributed by atoms with Crippen molar-refractivity contribution in [1.29, 1.82) is 0 Å². The van der Waals surface area contributed by atoms with E-state index in [4.69, 9.17) is 29.8 Å². The highest BCUT2D eigenvalue weighted by Gasteiger charge is 2.36. The molecule has 1 saturated heterocycles. The van der Waals surface area contributed by atoms with Crippen molar-refractivity contribution in [3.8, 4) is 11.3 Å². The Bertz CT molecular complexity index is 3650. The Morgan fingerprint density at radius 2 is 1.38 bits per heavy atom. The second kappa shape index (κ2) is 19.2. The Morgan fingerprint density at radius 3 is 1.97 bits per heavy atom. The Hall–Kier alpha value is -6.32. The lowest BCUT2D eigenvalue weighted by molar-refractivity contribution is 0.0731. The summed E-state index contributed by atoms with van der Waals surface area (Å²) >= 11 is 2.31. The van der Waals surface area contributed by atoms with E-state index < -0.39 is 20.0 Å². The Balaban J connectivity index is 0.867. The smallest absolute Gasteiger partial charge is 0.288 e. The third kappa shape index (κ3) is 9.25. The lowest BCUT2D eigenvalue weighted by atomic mass is 10.1. The molecule has 0 unspecified atom stereocenters. The summed E-state index contributed by atoms with van der Waals surface area (Å²) in [6, 6.07) is 3.67. The molecular weight excluding hydrogens is 1010 g/mol. The van der Waals surface area contributed by atoms with Crippen molar-refractivity contribution in [2.24, 2.45) is 11.0 Å². The van der Waals surface area contributed by atoms with Gasteiger partial charge >= 0.3 is 0 Å². The van der Waals surface area contributed by atoms with Crippen LogP contribution in [0.5, 0.6) is 0 Å². The molecule has 0 atom stereocenters. The van der Waals surface area contributed by atoms with Crippen LogP contribution in [0.25, 0.3) is 39.3 Å². The van der Waals surface area contributed by atoms with Crippen molar-refractivity contribution < 1.29 is 21.6 Å². The molecule has 1 aliphatic carbocycles. The SMILES string of the molecule is Cc1cc(Nc2nc(C3=CCCNC3)cn3c(-c4cnn(N(CC5CC5)S(=O)(=O)c5sc(Nc6nc(C7=CCCNC7)cn7c(C8=CCN(C)N=C8)cnc67)cc5C)c4)cnc23)sc1S(=O)(=O)N1CCOCC1. The average molecular weight is 1060 g/mol. The largest absolute Gasteiger partial charge is 0.379 e. The second-order valence-corrected chi connectivity index (χ2v) is 25.1. The Kier molecular flexibility index (Phi) is 12.5. The summed E-state index contributed by atoms with van der Waals surface area (Å²) in [6.45, 7) is 8.89. The quantitative estimate of drug-likeness (QED) is 0.0968. The minimum absolute atomic E-state index is 0.184. The molecule has 11 heterocycles. The van der Waals surface area contributed by atoms with Gasteiger partial charge in [-0.3, -0.25) is 13.8 Å². The van der Waals surface area contributed by atoms with E-state index in [1.54, 1.807) is 25.5 Å². The molecule has 0 aromatic carbocycles. The van der Waals surface area contributed by atoms with Gasteiger partial charge in [0.2, 0.25) is 0 Å². The van der Waals surface area contributed by atoms with E-state index in [1.807, 2.05) is 64.7 Å². The van der Waals surface area contributed by atoms with Crippen molar-refractivity contribution in [3.63, 3.8) is 0 Å². The minimum atomic E-state index is -4.15. The monoisotopic (exact) mass is 1060 g/mol. The predicted molar refractivity (Wildman–Crippen MR) is 284 cm³/mol. The normalized spacial score (nSPS) is 18.1. The fourth-order valence-electron chi connectivity index (χ4n) is 9.40. The number of aromatic nitrogens is 8. The molecule has 4 aliphatic heterocycles. The molecule has 1 saturated carbocycles.